The molecular weight excluding hydrogens is 421 g/mol. The second-order valence-electron chi connectivity index (χ2n) is 8.01. The lowest BCUT2D eigenvalue weighted by molar-refractivity contribution is -0.136. The van der Waals surface area contributed by atoms with E-state index in [1.165, 1.54) is 22.9 Å². The fourth-order valence-electron chi connectivity index (χ4n) is 4.66. The van der Waals surface area contributed by atoms with Gasteiger partial charge in [0, 0.05) is 24.0 Å². The van der Waals surface area contributed by atoms with Gasteiger partial charge in [0.05, 0.1) is 18.0 Å². The Labute approximate surface area is 180 Å². The van der Waals surface area contributed by atoms with Gasteiger partial charge >= 0.3 is 5.97 Å². The number of nitrogens with zero attached hydrogens (tertiary/aromatic N) is 4. The Bertz CT molecular complexity index is 1330. The number of rotatable bonds is 5. The number of fused-ring (bicyclic) bond motifs is 3. The molecular formula is C23H19F3N4O2. The van der Waals surface area contributed by atoms with E-state index >= 15 is 0 Å². The second kappa shape index (κ2) is 7.81. The Morgan fingerprint density at radius 1 is 1.12 bits per heavy atom. The van der Waals surface area contributed by atoms with Crippen molar-refractivity contribution in [1.29, 1.82) is 0 Å². The number of halogens is 3. The molecule has 1 aliphatic rings. The predicted octanol–water partition coefficient (Wildman–Crippen LogP) is 4.06. The van der Waals surface area contributed by atoms with Crippen LogP contribution < -0.4 is 0 Å². The van der Waals surface area contributed by atoms with Crippen LogP contribution in [-0.4, -0.2) is 30.6 Å². The first kappa shape index (κ1) is 20.3. The molecule has 1 atom stereocenters. The Kier molecular flexibility index (Phi) is 4.96. The molecule has 1 N–H and O–H groups in total. The van der Waals surface area contributed by atoms with Crippen LogP contribution in [0.5, 0.6) is 0 Å². The first-order valence-corrected chi connectivity index (χ1v) is 10.3. The molecule has 2 aromatic heterocycles. The zero-order valence-electron chi connectivity index (χ0n) is 16.9. The molecule has 1 aliphatic heterocycles. The van der Waals surface area contributed by atoms with Crippen LogP contribution in [0.15, 0.2) is 42.5 Å². The summed E-state index contributed by atoms with van der Waals surface area (Å²) in [6, 6.07) is 10.1. The Balaban J connectivity index is 1.54. The number of para-hydroxylation sites is 1. The van der Waals surface area contributed by atoms with Gasteiger partial charge < -0.3 is 9.67 Å². The van der Waals surface area contributed by atoms with Gasteiger partial charge in [0.15, 0.2) is 0 Å². The molecule has 32 heavy (non-hydrogen) atoms. The molecule has 0 aliphatic carbocycles. The number of carboxylic acid groups (broad SMARTS) is 1. The zero-order chi connectivity index (χ0) is 22.4. The standard InChI is InChI=1S/C23H19F3N4O2/c24-14-6-4-13(5-7-14)10-20-23(26)27-28-30(20)15-8-9-19-17(11-21(31)32)16-2-1-3-18(25)22(16)29(19)12-15/h1-7,15H,8-12H2,(H,31,32). The van der Waals surface area contributed by atoms with Crippen LogP contribution in [0.3, 0.4) is 0 Å². The minimum Gasteiger partial charge on any atom is -0.481 e. The molecule has 4 aromatic rings. The van der Waals surface area contributed by atoms with E-state index in [1.807, 2.05) is 0 Å². The van der Waals surface area contributed by atoms with Crippen LogP contribution >= 0.6 is 0 Å². The van der Waals surface area contributed by atoms with Crippen molar-refractivity contribution in [1.82, 2.24) is 19.6 Å². The number of aromatic nitrogens is 4. The van der Waals surface area contributed by atoms with E-state index in [1.54, 1.807) is 28.8 Å². The van der Waals surface area contributed by atoms with Crippen molar-refractivity contribution in [2.45, 2.75) is 38.3 Å². The summed E-state index contributed by atoms with van der Waals surface area (Å²) in [5.41, 5.74) is 2.73. The molecule has 0 spiro atoms. The lowest BCUT2D eigenvalue weighted by Crippen LogP contribution is -2.26. The van der Waals surface area contributed by atoms with Crippen LogP contribution in [0.1, 0.15) is 35.0 Å². The van der Waals surface area contributed by atoms with Crippen LogP contribution in [-0.2, 0) is 30.6 Å². The molecule has 1 unspecified atom stereocenters. The monoisotopic (exact) mass is 440 g/mol. The van der Waals surface area contributed by atoms with Crippen LogP contribution in [0.2, 0.25) is 0 Å². The van der Waals surface area contributed by atoms with Gasteiger partial charge in [-0.3, -0.25) is 4.79 Å². The molecule has 0 saturated heterocycles. The number of hydrogen-bond donors (Lipinski definition) is 1. The number of carboxylic acids is 1. The largest absolute Gasteiger partial charge is 0.481 e. The molecule has 3 heterocycles. The number of carbonyl (C=O) groups is 1. The summed E-state index contributed by atoms with van der Waals surface area (Å²) in [4.78, 5) is 11.4. The van der Waals surface area contributed by atoms with Crippen molar-refractivity contribution in [2.24, 2.45) is 0 Å². The summed E-state index contributed by atoms with van der Waals surface area (Å²) in [5, 5.41) is 17.5. The number of aliphatic carboxylic acids is 1. The van der Waals surface area contributed by atoms with Crippen molar-refractivity contribution in [3.8, 4) is 0 Å². The van der Waals surface area contributed by atoms with Gasteiger partial charge in [0.25, 0.3) is 5.95 Å². The average molecular weight is 440 g/mol. The summed E-state index contributed by atoms with van der Waals surface area (Å²) in [5.74, 6) is -2.49. The van der Waals surface area contributed by atoms with Gasteiger partial charge in [0.1, 0.15) is 17.3 Å². The van der Waals surface area contributed by atoms with Gasteiger partial charge in [0.2, 0.25) is 0 Å². The van der Waals surface area contributed by atoms with Gasteiger partial charge in [-0.2, -0.15) is 4.39 Å². The van der Waals surface area contributed by atoms with Crippen molar-refractivity contribution >= 4 is 16.9 Å². The van der Waals surface area contributed by atoms with Crippen molar-refractivity contribution in [3.05, 3.63) is 82.6 Å². The maximum Gasteiger partial charge on any atom is 0.307 e. The quantitative estimate of drug-likeness (QED) is 0.508. The Hall–Kier alpha value is -3.62. The topological polar surface area (TPSA) is 72.9 Å². The highest BCUT2D eigenvalue weighted by Gasteiger charge is 2.30. The zero-order valence-corrected chi connectivity index (χ0v) is 16.9. The number of benzene rings is 2. The van der Waals surface area contributed by atoms with Gasteiger partial charge in [-0.05, 0) is 42.2 Å². The third-order valence-electron chi connectivity index (χ3n) is 6.07. The van der Waals surface area contributed by atoms with Crippen molar-refractivity contribution in [2.75, 3.05) is 0 Å². The Morgan fingerprint density at radius 2 is 1.91 bits per heavy atom. The predicted molar refractivity (Wildman–Crippen MR) is 110 cm³/mol. The fraction of sp³-hybridized carbons (Fsp3) is 0.261. The lowest BCUT2D eigenvalue weighted by Gasteiger charge is -2.27. The third-order valence-corrected chi connectivity index (χ3v) is 6.07. The molecule has 2 aromatic carbocycles. The lowest BCUT2D eigenvalue weighted by atomic mass is 10.00. The molecule has 0 radical (unpaired) electrons. The van der Waals surface area contributed by atoms with E-state index in [0.717, 1.165) is 5.69 Å². The Morgan fingerprint density at radius 3 is 2.66 bits per heavy atom. The number of hydrogen-bond acceptors (Lipinski definition) is 3. The summed E-state index contributed by atoms with van der Waals surface area (Å²) in [7, 11) is 0. The van der Waals surface area contributed by atoms with E-state index in [0.29, 0.717) is 41.4 Å². The average Bonchev–Trinajstić information content (AvgIpc) is 3.28. The molecule has 0 saturated carbocycles. The van der Waals surface area contributed by atoms with E-state index in [-0.39, 0.29) is 30.4 Å². The molecule has 0 fully saturated rings. The molecule has 0 bridgehead atoms. The van der Waals surface area contributed by atoms with Crippen LogP contribution in [0.4, 0.5) is 13.2 Å². The highest BCUT2D eigenvalue weighted by Crippen LogP contribution is 2.36. The summed E-state index contributed by atoms with van der Waals surface area (Å²) in [6.45, 7) is 0.311. The minimum absolute atomic E-state index is 0.188. The summed E-state index contributed by atoms with van der Waals surface area (Å²) < 4.78 is 45.8. The second-order valence-corrected chi connectivity index (χ2v) is 8.01. The van der Waals surface area contributed by atoms with Gasteiger partial charge in [-0.15, -0.1) is 0 Å². The highest BCUT2D eigenvalue weighted by atomic mass is 19.1. The van der Waals surface area contributed by atoms with E-state index in [2.05, 4.69) is 10.3 Å². The van der Waals surface area contributed by atoms with Crippen molar-refractivity contribution < 1.29 is 23.1 Å². The maximum absolute atomic E-state index is 14.8. The van der Waals surface area contributed by atoms with Gasteiger partial charge in [-0.25, -0.2) is 13.5 Å². The molecule has 164 valence electrons. The normalized spacial score (nSPS) is 15.8. The summed E-state index contributed by atoms with van der Waals surface area (Å²) >= 11 is 0. The van der Waals surface area contributed by atoms with Crippen LogP contribution in [0, 0.1) is 17.6 Å². The molecule has 5 rings (SSSR count). The van der Waals surface area contributed by atoms with E-state index in [9.17, 15) is 23.1 Å². The minimum atomic E-state index is -0.980. The SMILES string of the molecule is O=C(O)Cc1c2n(c3c(F)cccc13)CC(n1nnc(F)c1Cc1ccc(F)cc1)CC2. The molecule has 9 heteroatoms. The summed E-state index contributed by atoms with van der Waals surface area (Å²) in [6.07, 6.45) is 1.07. The van der Waals surface area contributed by atoms with Gasteiger partial charge in [-0.1, -0.05) is 34.6 Å². The molecule has 0 amide bonds. The fourth-order valence-corrected chi connectivity index (χ4v) is 4.66. The molecule has 6 nitrogen and oxygen atoms in total. The first-order chi connectivity index (χ1) is 15.4. The van der Waals surface area contributed by atoms with E-state index in [4.69, 9.17) is 0 Å². The highest BCUT2D eigenvalue weighted by molar-refractivity contribution is 5.89. The third kappa shape index (κ3) is 3.43. The van der Waals surface area contributed by atoms with E-state index < -0.39 is 17.7 Å². The van der Waals surface area contributed by atoms with Crippen LogP contribution in [0.25, 0.3) is 10.9 Å². The first-order valence-electron chi connectivity index (χ1n) is 10.3. The maximum atomic E-state index is 14.8. The van der Waals surface area contributed by atoms with Crippen molar-refractivity contribution in [3.63, 3.8) is 0 Å². The smallest absolute Gasteiger partial charge is 0.307 e.